The van der Waals surface area contributed by atoms with E-state index in [0.29, 0.717) is 0 Å². The number of alkyl halides is 6. The van der Waals surface area contributed by atoms with Crippen LogP contribution in [-0.4, -0.2) is 65.7 Å². The number of benzene rings is 1. The second-order valence-corrected chi connectivity index (χ2v) is 7.49. The molecule has 0 saturated carbocycles. The first kappa shape index (κ1) is 26.9. The number of halogens is 6. The Bertz CT molecular complexity index is 933. The Labute approximate surface area is 190 Å². The average Bonchev–Trinajstić information content (AvgIpc) is 3.36. The van der Waals surface area contributed by atoms with Gasteiger partial charge in [-0.3, -0.25) is 4.98 Å². The van der Waals surface area contributed by atoms with E-state index >= 15 is 0 Å². The van der Waals surface area contributed by atoms with Crippen LogP contribution in [0, 0.1) is 11.8 Å². The molecule has 0 unspecified atom stereocenters. The van der Waals surface area contributed by atoms with Gasteiger partial charge >= 0.3 is 24.3 Å². The van der Waals surface area contributed by atoms with Crippen molar-refractivity contribution in [3.05, 3.63) is 48.8 Å². The van der Waals surface area contributed by atoms with Crippen LogP contribution >= 0.6 is 0 Å². The molecule has 2 aromatic rings. The van der Waals surface area contributed by atoms with Crippen molar-refractivity contribution < 1.29 is 46.1 Å². The molecule has 2 atom stereocenters. The molecule has 3 heterocycles. The van der Waals surface area contributed by atoms with Gasteiger partial charge in [0.2, 0.25) is 0 Å². The number of carboxylic acid groups (broad SMARTS) is 2. The summed E-state index contributed by atoms with van der Waals surface area (Å²) in [5, 5.41) is 17.7. The van der Waals surface area contributed by atoms with E-state index in [0.717, 1.165) is 24.9 Å². The fourth-order valence-electron chi connectivity index (χ4n) is 3.46. The summed E-state index contributed by atoms with van der Waals surface area (Å²) in [7, 11) is 0. The van der Waals surface area contributed by atoms with E-state index in [2.05, 4.69) is 51.6 Å². The predicted molar refractivity (Wildman–Crippen MR) is 109 cm³/mol. The summed E-state index contributed by atoms with van der Waals surface area (Å²) >= 11 is 0. The second-order valence-electron chi connectivity index (χ2n) is 7.49. The normalized spacial score (nSPS) is 19.3. The molecule has 0 radical (unpaired) electrons. The monoisotopic (exact) mass is 493 g/mol. The van der Waals surface area contributed by atoms with Crippen LogP contribution in [0.1, 0.15) is 0 Å². The number of hydrogen-bond acceptors (Lipinski definition) is 5. The molecule has 0 bridgehead atoms. The van der Waals surface area contributed by atoms with E-state index in [1.54, 1.807) is 0 Å². The quantitative estimate of drug-likeness (QED) is 0.549. The third-order valence-electron chi connectivity index (χ3n) is 5.07. The second kappa shape index (κ2) is 11.2. The molecule has 4 rings (SSSR count). The van der Waals surface area contributed by atoms with Gasteiger partial charge in [0.15, 0.2) is 0 Å². The Kier molecular flexibility index (Phi) is 8.85. The van der Waals surface area contributed by atoms with Crippen molar-refractivity contribution in [2.75, 3.05) is 31.1 Å². The first-order valence-corrected chi connectivity index (χ1v) is 9.85. The van der Waals surface area contributed by atoms with Crippen LogP contribution < -0.4 is 10.2 Å². The van der Waals surface area contributed by atoms with Gasteiger partial charge < -0.3 is 20.4 Å². The average molecular weight is 493 g/mol. The molecule has 1 aromatic carbocycles. The lowest BCUT2D eigenvalue weighted by Crippen LogP contribution is -2.25. The number of carboxylic acids is 2. The molecule has 1 aromatic heterocycles. The van der Waals surface area contributed by atoms with Gasteiger partial charge in [-0.05, 0) is 23.5 Å². The van der Waals surface area contributed by atoms with Crippen LogP contribution in [0.5, 0.6) is 0 Å². The Hall–Kier alpha value is -3.35. The number of nitrogens with one attached hydrogen (secondary N) is 1. The topological polar surface area (TPSA) is 103 Å². The highest BCUT2D eigenvalue weighted by molar-refractivity contribution is 5.73. The summed E-state index contributed by atoms with van der Waals surface area (Å²) in [5.74, 6) is -3.88. The molecular formula is C21H21F6N3O4. The largest absolute Gasteiger partial charge is 0.490 e. The van der Waals surface area contributed by atoms with Crippen LogP contribution in [-0.2, 0) is 9.59 Å². The van der Waals surface area contributed by atoms with Gasteiger partial charge in [0.1, 0.15) is 0 Å². The number of anilines is 1. The van der Waals surface area contributed by atoms with Crippen molar-refractivity contribution in [2.45, 2.75) is 12.4 Å². The molecule has 2 aliphatic heterocycles. The lowest BCUT2D eigenvalue weighted by atomic mass is 10.0. The summed E-state index contributed by atoms with van der Waals surface area (Å²) in [6.07, 6.45) is -6.21. The molecule has 2 aliphatic rings. The van der Waals surface area contributed by atoms with Gasteiger partial charge in [-0.15, -0.1) is 0 Å². The van der Waals surface area contributed by atoms with E-state index in [-0.39, 0.29) is 0 Å². The minimum atomic E-state index is -5.08. The maximum absolute atomic E-state index is 10.6. The van der Waals surface area contributed by atoms with E-state index in [1.807, 2.05) is 12.4 Å². The molecule has 3 N–H and O–H groups in total. The zero-order chi connectivity index (χ0) is 25.5. The van der Waals surface area contributed by atoms with Gasteiger partial charge in [-0.25, -0.2) is 9.59 Å². The smallest absolute Gasteiger partial charge is 0.475 e. The van der Waals surface area contributed by atoms with Crippen LogP contribution in [0.3, 0.4) is 0 Å². The minimum absolute atomic E-state index is 0.815. The maximum Gasteiger partial charge on any atom is 0.490 e. The van der Waals surface area contributed by atoms with E-state index < -0.39 is 24.3 Å². The highest BCUT2D eigenvalue weighted by atomic mass is 19.4. The Morgan fingerprint density at radius 2 is 1.32 bits per heavy atom. The van der Waals surface area contributed by atoms with Gasteiger partial charge in [0.25, 0.3) is 0 Å². The minimum Gasteiger partial charge on any atom is -0.475 e. The first-order valence-electron chi connectivity index (χ1n) is 9.85. The van der Waals surface area contributed by atoms with Crippen molar-refractivity contribution in [3.8, 4) is 11.1 Å². The number of pyridine rings is 1. The molecular weight excluding hydrogens is 472 g/mol. The first-order chi connectivity index (χ1) is 15.8. The Morgan fingerprint density at radius 3 is 1.76 bits per heavy atom. The van der Waals surface area contributed by atoms with E-state index in [9.17, 15) is 26.3 Å². The summed E-state index contributed by atoms with van der Waals surface area (Å²) < 4.78 is 63.5. The standard InChI is InChI=1S/C17H19N3.2C2HF3O2/c1-2-4-13(5-3-1)14-6-17(10-19-7-14)20-11-15-8-18-9-16(15)12-20;2*3-2(4,5)1(6)7/h1-7,10,15-16,18H,8-9,11-12H2;2*(H,6,7)/t15-,16+;;. The molecule has 7 nitrogen and oxygen atoms in total. The molecule has 2 saturated heterocycles. The number of rotatable bonds is 2. The summed E-state index contributed by atoms with van der Waals surface area (Å²) in [6, 6.07) is 12.8. The molecule has 0 spiro atoms. The SMILES string of the molecule is O=C(O)C(F)(F)F.O=C(O)C(F)(F)F.c1ccc(-c2cncc(N3C[C@H]4CNC[C@H]4C3)c2)cc1. The number of aromatic nitrogens is 1. The molecule has 13 heteroatoms. The van der Waals surface area contributed by atoms with Crippen molar-refractivity contribution >= 4 is 17.6 Å². The van der Waals surface area contributed by atoms with Crippen LogP contribution in [0.2, 0.25) is 0 Å². The van der Waals surface area contributed by atoms with Gasteiger partial charge in [-0.2, -0.15) is 26.3 Å². The van der Waals surface area contributed by atoms with Crippen molar-refractivity contribution in [1.82, 2.24) is 10.3 Å². The highest BCUT2D eigenvalue weighted by Gasteiger charge is 2.39. The summed E-state index contributed by atoms with van der Waals surface area (Å²) in [6.45, 7) is 4.68. The predicted octanol–water partition coefficient (Wildman–Crippen LogP) is 3.67. The fraction of sp³-hybridized carbons (Fsp3) is 0.381. The molecule has 2 fully saturated rings. The third kappa shape index (κ3) is 7.90. The highest BCUT2D eigenvalue weighted by Crippen LogP contribution is 2.31. The number of hydrogen-bond donors (Lipinski definition) is 3. The third-order valence-corrected chi connectivity index (χ3v) is 5.07. The number of aliphatic carboxylic acids is 2. The van der Waals surface area contributed by atoms with Crippen molar-refractivity contribution in [3.63, 3.8) is 0 Å². The Morgan fingerprint density at radius 1 is 0.853 bits per heavy atom. The van der Waals surface area contributed by atoms with Crippen LogP contribution in [0.25, 0.3) is 11.1 Å². The lowest BCUT2D eigenvalue weighted by Gasteiger charge is -2.20. The van der Waals surface area contributed by atoms with E-state index in [4.69, 9.17) is 19.8 Å². The van der Waals surface area contributed by atoms with Crippen molar-refractivity contribution in [2.24, 2.45) is 11.8 Å². The van der Waals surface area contributed by atoms with Gasteiger partial charge in [0, 0.05) is 37.9 Å². The molecule has 0 amide bonds. The van der Waals surface area contributed by atoms with Gasteiger partial charge in [-0.1, -0.05) is 30.3 Å². The number of carbonyl (C=O) groups is 2. The summed E-state index contributed by atoms with van der Waals surface area (Å²) in [4.78, 5) is 24.7. The molecule has 186 valence electrons. The van der Waals surface area contributed by atoms with Crippen LogP contribution in [0.15, 0.2) is 48.8 Å². The van der Waals surface area contributed by atoms with Crippen molar-refractivity contribution in [1.29, 1.82) is 0 Å². The zero-order valence-corrected chi connectivity index (χ0v) is 17.5. The number of nitrogens with zero attached hydrogens (tertiary/aromatic N) is 2. The lowest BCUT2D eigenvalue weighted by molar-refractivity contribution is -0.193. The molecule has 34 heavy (non-hydrogen) atoms. The fourth-order valence-corrected chi connectivity index (χ4v) is 3.46. The zero-order valence-electron chi connectivity index (χ0n) is 17.5. The maximum atomic E-state index is 10.6. The van der Waals surface area contributed by atoms with Gasteiger partial charge in [0.05, 0.1) is 11.9 Å². The number of fused-ring (bicyclic) bond motifs is 1. The summed E-state index contributed by atoms with van der Waals surface area (Å²) in [5.41, 5.74) is 3.71. The Balaban J connectivity index is 0.000000244. The van der Waals surface area contributed by atoms with E-state index in [1.165, 1.54) is 29.9 Å². The molecule has 0 aliphatic carbocycles. The van der Waals surface area contributed by atoms with Crippen LogP contribution in [0.4, 0.5) is 32.0 Å².